The number of anilines is 2. The Morgan fingerprint density at radius 2 is 1.52 bits per heavy atom. The summed E-state index contributed by atoms with van der Waals surface area (Å²) >= 11 is 1.39. The van der Waals surface area contributed by atoms with Crippen molar-refractivity contribution >= 4 is 41.0 Å². The first-order valence-electron chi connectivity index (χ1n) is 9.42. The van der Waals surface area contributed by atoms with Gasteiger partial charge in [-0.3, -0.25) is 9.59 Å². The van der Waals surface area contributed by atoms with Crippen LogP contribution in [0.2, 0.25) is 0 Å². The van der Waals surface area contributed by atoms with Crippen molar-refractivity contribution in [2.75, 3.05) is 10.6 Å². The number of carbonyl (C=O) groups is 3. The molecule has 3 aromatic carbocycles. The number of amides is 3. The molecule has 0 bridgehead atoms. The average molecular weight is 436 g/mol. The number of carboxylic acids is 1. The molecule has 31 heavy (non-hydrogen) atoms. The first-order valence-corrected chi connectivity index (χ1v) is 10.3. The van der Waals surface area contributed by atoms with Crippen molar-refractivity contribution in [3.8, 4) is 0 Å². The van der Waals surface area contributed by atoms with E-state index in [1.165, 1.54) is 11.8 Å². The molecule has 1 atom stereocenters. The molecule has 0 aromatic heterocycles. The normalized spacial score (nSPS) is 11.4. The molecule has 0 spiro atoms. The zero-order chi connectivity index (χ0) is 22.2. The molecule has 0 aliphatic carbocycles. The molecule has 1 unspecified atom stereocenters. The number of hydrogen-bond donors (Lipinski definition) is 4. The number of nitrogens with two attached hydrogens (primary N) is 1. The Labute approximate surface area is 183 Å². The minimum absolute atomic E-state index is 0.0503. The molecule has 0 fully saturated rings. The van der Waals surface area contributed by atoms with Crippen LogP contribution in [0.1, 0.15) is 27.6 Å². The van der Waals surface area contributed by atoms with Crippen LogP contribution < -0.4 is 16.4 Å². The van der Waals surface area contributed by atoms with Gasteiger partial charge in [-0.2, -0.15) is 0 Å². The fourth-order valence-corrected chi connectivity index (χ4v) is 4.15. The van der Waals surface area contributed by atoms with E-state index in [1.807, 2.05) is 42.5 Å². The summed E-state index contributed by atoms with van der Waals surface area (Å²) < 4.78 is 0. The predicted molar refractivity (Wildman–Crippen MR) is 121 cm³/mol. The monoisotopic (exact) mass is 435 g/mol. The Hall–Kier alpha value is -3.78. The average Bonchev–Trinajstić information content (AvgIpc) is 2.75. The third-order valence-electron chi connectivity index (χ3n) is 4.35. The second-order valence-corrected chi connectivity index (χ2v) is 7.88. The van der Waals surface area contributed by atoms with E-state index in [2.05, 4.69) is 10.6 Å². The molecule has 3 aromatic rings. The minimum atomic E-state index is -0.896. The highest BCUT2D eigenvalue weighted by atomic mass is 32.2. The first kappa shape index (κ1) is 21.9. The summed E-state index contributed by atoms with van der Waals surface area (Å²) in [5, 5.41) is 14.4. The van der Waals surface area contributed by atoms with Crippen molar-refractivity contribution in [2.45, 2.75) is 16.6 Å². The van der Waals surface area contributed by atoms with E-state index in [9.17, 15) is 19.5 Å². The molecule has 3 rings (SSSR count). The topological polar surface area (TPSA) is 122 Å². The Bertz CT molecular complexity index is 1070. The molecule has 0 saturated carbocycles. The molecule has 0 aliphatic rings. The quantitative estimate of drug-likeness (QED) is 0.381. The second kappa shape index (κ2) is 10.3. The van der Waals surface area contributed by atoms with Crippen LogP contribution in [0.25, 0.3) is 0 Å². The molecular formula is C23H21N3O4S. The largest absolute Gasteiger partial charge is 0.481 e. The molecule has 0 radical (unpaired) electrons. The van der Waals surface area contributed by atoms with E-state index < -0.39 is 12.0 Å². The molecule has 158 valence electrons. The van der Waals surface area contributed by atoms with Crippen molar-refractivity contribution in [1.82, 2.24) is 0 Å². The zero-order valence-corrected chi connectivity index (χ0v) is 17.3. The summed E-state index contributed by atoms with van der Waals surface area (Å²) in [6, 6.07) is 22.3. The van der Waals surface area contributed by atoms with Crippen LogP contribution in [0, 0.1) is 0 Å². The van der Waals surface area contributed by atoms with Gasteiger partial charge in [-0.25, -0.2) is 4.79 Å². The zero-order valence-electron chi connectivity index (χ0n) is 16.4. The van der Waals surface area contributed by atoms with Gasteiger partial charge in [0, 0.05) is 21.4 Å². The first-order chi connectivity index (χ1) is 14.9. The fourth-order valence-electron chi connectivity index (χ4n) is 2.92. The lowest BCUT2D eigenvalue weighted by atomic mass is 10.1. The van der Waals surface area contributed by atoms with Crippen LogP contribution >= 0.6 is 11.8 Å². The number of aliphatic carboxylic acids is 1. The van der Waals surface area contributed by atoms with Crippen LogP contribution in [-0.4, -0.2) is 23.0 Å². The summed E-state index contributed by atoms with van der Waals surface area (Å²) in [7, 11) is 0. The maximum absolute atomic E-state index is 12.7. The van der Waals surface area contributed by atoms with Gasteiger partial charge in [0.05, 0.1) is 12.1 Å². The molecule has 0 aliphatic heterocycles. The van der Waals surface area contributed by atoms with Gasteiger partial charge in [0.2, 0.25) is 0 Å². The Kier molecular flexibility index (Phi) is 7.29. The highest BCUT2D eigenvalue weighted by Gasteiger charge is 2.19. The van der Waals surface area contributed by atoms with E-state index in [0.717, 1.165) is 10.5 Å². The maximum atomic E-state index is 12.7. The predicted octanol–water partition coefficient (Wildman–Crippen LogP) is 4.74. The van der Waals surface area contributed by atoms with E-state index in [0.29, 0.717) is 16.9 Å². The smallest absolute Gasteiger partial charge is 0.316 e. The van der Waals surface area contributed by atoms with Gasteiger partial charge in [0.25, 0.3) is 5.91 Å². The van der Waals surface area contributed by atoms with Crippen molar-refractivity contribution in [1.29, 1.82) is 0 Å². The summed E-state index contributed by atoms with van der Waals surface area (Å²) in [6.45, 7) is 0. The molecule has 8 heteroatoms. The van der Waals surface area contributed by atoms with Crippen LogP contribution in [0.15, 0.2) is 83.8 Å². The van der Waals surface area contributed by atoms with Crippen molar-refractivity contribution in [3.05, 3.63) is 90.0 Å². The summed E-state index contributed by atoms with van der Waals surface area (Å²) in [6.07, 6.45) is -0.0503. The number of carbonyl (C=O) groups excluding carboxylic acids is 2. The van der Waals surface area contributed by atoms with Gasteiger partial charge in [-0.15, -0.1) is 11.8 Å². The molecule has 3 amide bonds. The molecule has 5 N–H and O–H groups in total. The molecular weight excluding hydrogens is 414 g/mol. The Morgan fingerprint density at radius 3 is 2.16 bits per heavy atom. The van der Waals surface area contributed by atoms with Gasteiger partial charge in [0.15, 0.2) is 0 Å². The number of thioether (sulfide) groups is 1. The number of rotatable bonds is 8. The SMILES string of the molecule is NC(=O)Nc1ccc(C(=O)Nc2ccccc2SC(CC(=O)O)c2ccccc2)cc1. The van der Waals surface area contributed by atoms with E-state index in [4.69, 9.17) is 5.73 Å². The lowest BCUT2D eigenvalue weighted by molar-refractivity contribution is -0.137. The van der Waals surface area contributed by atoms with Gasteiger partial charge in [-0.1, -0.05) is 42.5 Å². The third kappa shape index (κ3) is 6.35. The van der Waals surface area contributed by atoms with Crippen LogP contribution in [0.3, 0.4) is 0 Å². The Morgan fingerprint density at radius 1 is 0.871 bits per heavy atom. The lowest BCUT2D eigenvalue weighted by Crippen LogP contribution is -2.19. The highest BCUT2D eigenvalue weighted by Crippen LogP contribution is 2.41. The number of benzene rings is 3. The number of nitrogens with one attached hydrogen (secondary N) is 2. The van der Waals surface area contributed by atoms with E-state index >= 15 is 0 Å². The standard InChI is InChI=1S/C23H21N3O4S/c24-23(30)25-17-12-10-16(11-13-17)22(29)26-18-8-4-5-9-19(18)31-20(14-21(27)28)15-6-2-1-3-7-15/h1-13,20H,14H2,(H,26,29)(H,27,28)(H3,24,25,30). The summed E-state index contributed by atoms with van der Waals surface area (Å²) in [5.41, 5.74) is 7.46. The van der Waals surface area contributed by atoms with Gasteiger partial charge < -0.3 is 21.5 Å². The van der Waals surface area contributed by atoms with E-state index in [-0.39, 0.29) is 17.6 Å². The van der Waals surface area contributed by atoms with Crippen molar-refractivity contribution in [2.24, 2.45) is 5.73 Å². The number of urea groups is 1. The molecule has 0 saturated heterocycles. The third-order valence-corrected chi connectivity index (χ3v) is 5.68. The van der Waals surface area contributed by atoms with Crippen molar-refractivity contribution in [3.63, 3.8) is 0 Å². The second-order valence-electron chi connectivity index (χ2n) is 6.63. The fraction of sp³-hybridized carbons (Fsp3) is 0.0870. The highest BCUT2D eigenvalue weighted by molar-refractivity contribution is 7.99. The summed E-state index contributed by atoms with van der Waals surface area (Å²) in [4.78, 5) is 35.8. The number of primary amides is 1. The van der Waals surface area contributed by atoms with E-state index in [1.54, 1.807) is 36.4 Å². The maximum Gasteiger partial charge on any atom is 0.316 e. The van der Waals surface area contributed by atoms with Gasteiger partial charge in [-0.05, 0) is 42.0 Å². The molecule has 7 nitrogen and oxygen atoms in total. The van der Waals surface area contributed by atoms with Crippen LogP contribution in [0.5, 0.6) is 0 Å². The van der Waals surface area contributed by atoms with Gasteiger partial charge in [0.1, 0.15) is 0 Å². The van der Waals surface area contributed by atoms with Gasteiger partial charge >= 0.3 is 12.0 Å². The number of para-hydroxylation sites is 1. The number of carboxylic acid groups (broad SMARTS) is 1. The number of hydrogen-bond acceptors (Lipinski definition) is 4. The lowest BCUT2D eigenvalue weighted by Gasteiger charge is -2.18. The Balaban J connectivity index is 1.78. The van der Waals surface area contributed by atoms with Crippen LogP contribution in [0.4, 0.5) is 16.2 Å². The van der Waals surface area contributed by atoms with Crippen molar-refractivity contribution < 1.29 is 19.5 Å². The summed E-state index contributed by atoms with van der Waals surface area (Å²) in [5.74, 6) is -1.22. The minimum Gasteiger partial charge on any atom is -0.481 e. The molecule has 0 heterocycles. The van der Waals surface area contributed by atoms with Crippen LogP contribution in [-0.2, 0) is 4.79 Å².